The van der Waals surface area contributed by atoms with Gasteiger partial charge in [-0.05, 0) is 18.1 Å². The van der Waals surface area contributed by atoms with E-state index >= 15 is 0 Å². The highest BCUT2D eigenvalue weighted by molar-refractivity contribution is 5.76. The highest BCUT2D eigenvalue weighted by atomic mass is 16.2. The molecule has 1 rings (SSSR count). The number of hydrogen-bond acceptors (Lipinski definition) is 3. The van der Waals surface area contributed by atoms with Gasteiger partial charge in [-0.2, -0.15) is 5.26 Å². The van der Waals surface area contributed by atoms with Gasteiger partial charge in [-0.15, -0.1) is 0 Å². The maximum Gasteiger partial charge on any atom is 0.222 e. The molecule has 0 aliphatic carbocycles. The Bertz CT molecular complexity index is 397. The van der Waals surface area contributed by atoms with Crippen LogP contribution in [0.5, 0.6) is 0 Å². The summed E-state index contributed by atoms with van der Waals surface area (Å²) in [7, 11) is 0. The SMILES string of the molecule is CCCCC(=O)N(CCC#N)Cc1cccnc1. The quantitative estimate of drug-likeness (QED) is 0.741. The molecule has 0 N–H and O–H groups in total. The molecule has 0 bridgehead atoms. The third-order valence-electron chi connectivity index (χ3n) is 2.69. The van der Waals surface area contributed by atoms with E-state index < -0.39 is 0 Å². The number of nitriles is 1. The van der Waals surface area contributed by atoms with Gasteiger partial charge in [-0.1, -0.05) is 19.4 Å². The van der Waals surface area contributed by atoms with Crippen molar-refractivity contribution in [2.24, 2.45) is 0 Å². The zero-order valence-electron chi connectivity index (χ0n) is 10.8. The summed E-state index contributed by atoms with van der Waals surface area (Å²) in [5, 5.41) is 8.64. The molecule has 0 atom stereocenters. The van der Waals surface area contributed by atoms with Gasteiger partial charge >= 0.3 is 0 Å². The van der Waals surface area contributed by atoms with Gasteiger partial charge < -0.3 is 4.90 Å². The topological polar surface area (TPSA) is 57.0 Å². The summed E-state index contributed by atoms with van der Waals surface area (Å²) in [6.07, 6.45) is 6.30. The fraction of sp³-hybridized carbons (Fsp3) is 0.500. The van der Waals surface area contributed by atoms with Crippen molar-refractivity contribution in [1.82, 2.24) is 9.88 Å². The molecular weight excluding hydrogens is 226 g/mol. The maximum atomic E-state index is 12.0. The van der Waals surface area contributed by atoms with Crippen LogP contribution in [0.4, 0.5) is 0 Å². The van der Waals surface area contributed by atoms with Gasteiger partial charge in [0.25, 0.3) is 0 Å². The summed E-state index contributed by atoms with van der Waals surface area (Å²) in [6, 6.07) is 5.88. The van der Waals surface area contributed by atoms with E-state index in [0.29, 0.717) is 25.9 Å². The van der Waals surface area contributed by atoms with E-state index in [-0.39, 0.29) is 5.91 Å². The van der Waals surface area contributed by atoms with E-state index in [2.05, 4.69) is 18.0 Å². The lowest BCUT2D eigenvalue weighted by Gasteiger charge is -2.21. The van der Waals surface area contributed by atoms with Crippen molar-refractivity contribution >= 4 is 5.91 Å². The molecule has 0 saturated carbocycles. The predicted molar refractivity (Wildman–Crippen MR) is 69.4 cm³/mol. The van der Waals surface area contributed by atoms with Crippen molar-refractivity contribution in [3.05, 3.63) is 30.1 Å². The number of pyridine rings is 1. The molecule has 0 spiro atoms. The first-order chi connectivity index (χ1) is 8.77. The predicted octanol–water partition coefficient (Wildman–Crippen LogP) is 2.51. The molecule has 0 saturated heterocycles. The largest absolute Gasteiger partial charge is 0.337 e. The molecule has 1 heterocycles. The summed E-state index contributed by atoms with van der Waals surface area (Å²) in [4.78, 5) is 17.8. The third-order valence-corrected chi connectivity index (χ3v) is 2.69. The Morgan fingerprint density at radius 2 is 2.39 bits per heavy atom. The number of carbonyl (C=O) groups is 1. The van der Waals surface area contributed by atoms with E-state index in [1.807, 2.05) is 12.1 Å². The molecule has 1 amide bonds. The number of carbonyl (C=O) groups excluding carboxylic acids is 1. The number of unbranched alkanes of at least 4 members (excludes halogenated alkanes) is 1. The van der Waals surface area contributed by atoms with Crippen LogP contribution in [0.1, 0.15) is 38.2 Å². The van der Waals surface area contributed by atoms with Gasteiger partial charge in [0, 0.05) is 31.9 Å². The Hall–Kier alpha value is -1.89. The lowest BCUT2D eigenvalue weighted by molar-refractivity contribution is -0.131. The number of aromatic nitrogens is 1. The molecule has 0 radical (unpaired) electrons. The van der Waals surface area contributed by atoms with Crippen molar-refractivity contribution in [2.75, 3.05) is 6.54 Å². The highest BCUT2D eigenvalue weighted by Gasteiger charge is 2.12. The Morgan fingerprint density at radius 1 is 1.56 bits per heavy atom. The van der Waals surface area contributed by atoms with Gasteiger partial charge in [-0.3, -0.25) is 9.78 Å². The van der Waals surface area contributed by atoms with E-state index in [1.165, 1.54) is 0 Å². The molecule has 0 fully saturated rings. The smallest absolute Gasteiger partial charge is 0.222 e. The lowest BCUT2D eigenvalue weighted by atomic mass is 10.2. The molecule has 1 aromatic heterocycles. The normalized spacial score (nSPS) is 9.78. The van der Waals surface area contributed by atoms with Gasteiger partial charge in [0.05, 0.1) is 12.5 Å². The molecule has 96 valence electrons. The van der Waals surface area contributed by atoms with Crippen LogP contribution in [-0.4, -0.2) is 22.3 Å². The fourth-order valence-electron chi connectivity index (χ4n) is 1.68. The van der Waals surface area contributed by atoms with E-state index in [1.54, 1.807) is 17.3 Å². The molecule has 0 aliphatic heterocycles. The first kappa shape index (κ1) is 14.2. The third kappa shape index (κ3) is 4.96. The summed E-state index contributed by atoms with van der Waals surface area (Å²) < 4.78 is 0. The number of hydrogen-bond donors (Lipinski definition) is 0. The van der Waals surface area contributed by atoms with Crippen molar-refractivity contribution in [3.63, 3.8) is 0 Å². The number of rotatable bonds is 7. The van der Waals surface area contributed by atoms with Crippen LogP contribution < -0.4 is 0 Å². The molecule has 0 aromatic carbocycles. The summed E-state index contributed by atoms with van der Waals surface area (Å²) in [6.45, 7) is 3.10. The minimum atomic E-state index is 0.121. The second-order valence-corrected chi connectivity index (χ2v) is 4.19. The Morgan fingerprint density at radius 3 is 3.00 bits per heavy atom. The van der Waals surface area contributed by atoms with E-state index in [9.17, 15) is 4.79 Å². The molecule has 18 heavy (non-hydrogen) atoms. The second kappa shape index (κ2) is 8.24. The van der Waals surface area contributed by atoms with Gasteiger partial charge in [-0.25, -0.2) is 0 Å². The van der Waals surface area contributed by atoms with Gasteiger partial charge in [0.2, 0.25) is 5.91 Å². The van der Waals surface area contributed by atoms with Crippen LogP contribution in [-0.2, 0) is 11.3 Å². The maximum absolute atomic E-state index is 12.0. The zero-order valence-corrected chi connectivity index (χ0v) is 10.8. The van der Waals surface area contributed by atoms with Crippen LogP contribution >= 0.6 is 0 Å². The summed E-state index contributed by atoms with van der Waals surface area (Å²) >= 11 is 0. The minimum absolute atomic E-state index is 0.121. The summed E-state index contributed by atoms with van der Waals surface area (Å²) in [5.74, 6) is 0.121. The van der Waals surface area contributed by atoms with Crippen molar-refractivity contribution in [3.8, 4) is 6.07 Å². The van der Waals surface area contributed by atoms with Crippen LogP contribution in [0.3, 0.4) is 0 Å². The number of amides is 1. The molecular formula is C14H19N3O. The molecule has 0 unspecified atom stereocenters. The van der Waals surface area contributed by atoms with Gasteiger partial charge in [0.15, 0.2) is 0 Å². The van der Waals surface area contributed by atoms with Crippen LogP contribution in [0, 0.1) is 11.3 Å². The average Bonchev–Trinajstić information content (AvgIpc) is 2.42. The number of nitrogens with zero attached hydrogens (tertiary/aromatic N) is 3. The zero-order chi connectivity index (χ0) is 13.2. The summed E-state index contributed by atoms with van der Waals surface area (Å²) in [5.41, 5.74) is 1.00. The Balaban J connectivity index is 2.60. The standard InChI is InChI=1S/C14H19N3O/c1-2-3-7-14(18)17(10-5-8-15)12-13-6-4-9-16-11-13/h4,6,9,11H,2-3,5,7,10,12H2,1H3. The molecule has 0 aliphatic rings. The van der Waals surface area contributed by atoms with Gasteiger partial charge in [0.1, 0.15) is 0 Å². The Kier molecular flexibility index (Phi) is 6.49. The first-order valence-electron chi connectivity index (χ1n) is 6.31. The molecule has 4 heteroatoms. The van der Waals surface area contributed by atoms with Crippen molar-refractivity contribution in [2.45, 2.75) is 39.2 Å². The van der Waals surface area contributed by atoms with Crippen molar-refractivity contribution in [1.29, 1.82) is 5.26 Å². The van der Waals surface area contributed by atoms with Crippen molar-refractivity contribution < 1.29 is 4.79 Å². The molecule has 1 aromatic rings. The lowest BCUT2D eigenvalue weighted by Crippen LogP contribution is -2.31. The van der Waals surface area contributed by atoms with E-state index in [4.69, 9.17) is 5.26 Å². The molecule has 4 nitrogen and oxygen atoms in total. The van der Waals surface area contributed by atoms with Crippen LogP contribution in [0.15, 0.2) is 24.5 Å². The highest BCUT2D eigenvalue weighted by Crippen LogP contribution is 2.07. The Labute approximate surface area is 108 Å². The fourth-order valence-corrected chi connectivity index (χ4v) is 1.68. The average molecular weight is 245 g/mol. The van der Waals surface area contributed by atoms with Crippen LogP contribution in [0.25, 0.3) is 0 Å². The van der Waals surface area contributed by atoms with Crippen LogP contribution in [0.2, 0.25) is 0 Å². The van der Waals surface area contributed by atoms with E-state index in [0.717, 1.165) is 18.4 Å². The second-order valence-electron chi connectivity index (χ2n) is 4.19. The monoisotopic (exact) mass is 245 g/mol. The minimum Gasteiger partial charge on any atom is -0.337 e. The first-order valence-corrected chi connectivity index (χ1v) is 6.31.